The van der Waals surface area contributed by atoms with E-state index in [1.807, 2.05) is 6.07 Å². The Morgan fingerprint density at radius 2 is 2.05 bits per heavy atom. The maximum absolute atomic E-state index is 9.54. The van der Waals surface area contributed by atoms with E-state index in [1.165, 1.54) is 6.42 Å². The van der Waals surface area contributed by atoms with Gasteiger partial charge in [-0.2, -0.15) is 0 Å². The molecule has 1 fully saturated rings. The lowest BCUT2D eigenvalue weighted by molar-refractivity contribution is 0.0371. The van der Waals surface area contributed by atoms with Crippen molar-refractivity contribution < 1.29 is 15.1 Å². The summed E-state index contributed by atoms with van der Waals surface area (Å²) >= 11 is 0. The Hall–Kier alpha value is -1.66. The van der Waals surface area contributed by atoms with Crippen LogP contribution in [0, 0.1) is 0 Å². The number of oxime groups is 1. The van der Waals surface area contributed by atoms with Crippen LogP contribution in [0.2, 0.25) is 0 Å². The largest absolute Gasteiger partial charge is 0.506 e. The topological polar surface area (TPSA) is 78.2 Å². The van der Waals surface area contributed by atoms with E-state index in [0.717, 1.165) is 64.0 Å². The lowest BCUT2D eigenvalue weighted by atomic mass is 10.1. The second-order valence-electron chi connectivity index (χ2n) is 5.22. The molecular weight excluding hydrogens is 270 g/mol. The molecule has 0 amide bonds. The van der Waals surface area contributed by atoms with Gasteiger partial charge in [0.1, 0.15) is 11.4 Å². The smallest absolute Gasteiger partial charge is 0.142 e. The zero-order chi connectivity index (χ0) is 14.9. The molecule has 0 radical (unpaired) electrons. The lowest BCUT2D eigenvalue weighted by Gasteiger charge is -2.26. The highest BCUT2D eigenvalue weighted by atomic mass is 16.5. The van der Waals surface area contributed by atoms with Crippen molar-refractivity contribution in [2.24, 2.45) is 5.16 Å². The van der Waals surface area contributed by atoms with Gasteiger partial charge in [0, 0.05) is 18.8 Å². The van der Waals surface area contributed by atoms with E-state index in [0.29, 0.717) is 5.69 Å². The molecule has 1 aromatic heterocycles. The second kappa shape index (κ2) is 8.59. The molecule has 21 heavy (non-hydrogen) atoms. The summed E-state index contributed by atoms with van der Waals surface area (Å²) in [7, 11) is 0. The molecule has 0 atom stereocenters. The Balaban J connectivity index is 1.67. The highest BCUT2D eigenvalue weighted by Gasteiger charge is 2.09. The van der Waals surface area contributed by atoms with Crippen molar-refractivity contribution in [2.75, 3.05) is 32.8 Å². The minimum Gasteiger partial charge on any atom is -0.506 e. The fraction of sp³-hybridized carbons (Fsp3) is 0.600. The number of hydrogen-bond acceptors (Lipinski definition) is 6. The van der Waals surface area contributed by atoms with Crippen LogP contribution in [0.25, 0.3) is 0 Å². The van der Waals surface area contributed by atoms with Crippen LogP contribution in [0.3, 0.4) is 0 Å². The predicted molar refractivity (Wildman–Crippen MR) is 80.1 cm³/mol. The molecule has 0 unspecified atom stereocenters. The number of hydrogen-bond donors (Lipinski definition) is 2. The van der Waals surface area contributed by atoms with Gasteiger partial charge in [0.25, 0.3) is 0 Å². The van der Waals surface area contributed by atoms with E-state index in [9.17, 15) is 5.11 Å². The molecule has 1 aliphatic heterocycles. The second-order valence-corrected chi connectivity index (χ2v) is 5.22. The normalized spacial score (nSPS) is 16.6. The first-order chi connectivity index (χ1) is 10.3. The quantitative estimate of drug-likeness (QED) is 0.346. The Kier molecular flexibility index (Phi) is 6.43. The molecular formula is C15H23N3O3. The zero-order valence-corrected chi connectivity index (χ0v) is 12.2. The predicted octanol–water partition coefficient (Wildman–Crippen LogP) is 1.64. The molecule has 2 N–H and O–H groups in total. The maximum Gasteiger partial charge on any atom is 0.142 e. The first-order valence-electron chi connectivity index (χ1n) is 7.46. The molecule has 6 heteroatoms. The number of aromatic hydroxyl groups is 1. The van der Waals surface area contributed by atoms with E-state index in [-0.39, 0.29) is 5.75 Å². The average molecular weight is 293 g/mol. The number of aromatic nitrogens is 1. The molecule has 0 spiro atoms. The van der Waals surface area contributed by atoms with Gasteiger partial charge in [-0.3, -0.25) is 4.90 Å². The number of pyridine rings is 1. The first kappa shape index (κ1) is 15.7. The van der Waals surface area contributed by atoms with Crippen LogP contribution < -0.4 is 0 Å². The standard InChI is InChI=1S/C15H23N3O3/c19-15-6-5-13(17-14(15)12-16-20)4-2-1-3-7-18-8-10-21-11-9-18/h5-6,12,19-20H,1-4,7-11H2/b16-12+. The van der Waals surface area contributed by atoms with Crippen molar-refractivity contribution in [2.45, 2.75) is 25.7 Å². The van der Waals surface area contributed by atoms with Gasteiger partial charge in [0.15, 0.2) is 0 Å². The Morgan fingerprint density at radius 3 is 2.81 bits per heavy atom. The minimum atomic E-state index is 0.0314. The summed E-state index contributed by atoms with van der Waals surface area (Å²) in [5.74, 6) is 0.0314. The third-order valence-corrected chi connectivity index (χ3v) is 3.65. The number of ether oxygens (including phenoxy) is 1. The maximum atomic E-state index is 9.54. The Labute approximate surface area is 125 Å². The van der Waals surface area contributed by atoms with Crippen LogP contribution in [0.5, 0.6) is 5.75 Å². The van der Waals surface area contributed by atoms with Crippen LogP contribution in [0.15, 0.2) is 17.3 Å². The van der Waals surface area contributed by atoms with Crippen molar-refractivity contribution in [3.05, 3.63) is 23.5 Å². The molecule has 0 bridgehead atoms. The molecule has 0 saturated carbocycles. The van der Waals surface area contributed by atoms with Crippen LogP contribution in [-0.4, -0.2) is 59.3 Å². The molecule has 0 aliphatic carbocycles. The van der Waals surface area contributed by atoms with Crippen molar-refractivity contribution in [3.63, 3.8) is 0 Å². The van der Waals surface area contributed by atoms with Gasteiger partial charge >= 0.3 is 0 Å². The highest BCUT2D eigenvalue weighted by molar-refractivity contribution is 5.80. The van der Waals surface area contributed by atoms with Gasteiger partial charge in [-0.05, 0) is 37.9 Å². The van der Waals surface area contributed by atoms with Crippen molar-refractivity contribution in [3.8, 4) is 5.75 Å². The number of aryl methyl sites for hydroxylation is 1. The summed E-state index contributed by atoms with van der Waals surface area (Å²) < 4.78 is 5.33. The molecule has 116 valence electrons. The van der Waals surface area contributed by atoms with Gasteiger partial charge in [0.05, 0.1) is 19.4 Å². The summed E-state index contributed by atoms with van der Waals surface area (Å²) in [6, 6.07) is 3.40. The Morgan fingerprint density at radius 1 is 1.24 bits per heavy atom. The van der Waals surface area contributed by atoms with Crippen molar-refractivity contribution >= 4 is 6.21 Å². The summed E-state index contributed by atoms with van der Waals surface area (Å²) in [4.78, 5) is 6.71. The van der Waals surface area contributed by atoms with Gasteiger partial charge < -0.3 is 15.1 Å². The van der Waals surface area contributed by atoms with Crippen LogP contribution in [0.4, 0.5) is 0 Å². The molecule has 6 nitrogen and oxygen atoms in total. The minimum absolute atomic E-state index is 0.0314. The zero-order valence-electron chi connectivity index (χ0n) is 12.2. The van der Waals surface area contributed by atoms with Crippen LogP contribution in [0.1, 0.15) is 30.7 Å². The summed E-state index contributed by atoms with van der Waals surface area (Å²) in [5, 5.41) is 21.0. The highest BCUT2D eigenvalue weighted by Crippen LogP contribution is 2.14. The number of nitrogens with zero attached hydrogens (tertiary/aromatic N) is 3. The van der Waals surface area contributed by atoms with Gasteiger partial charge in [0.2, 0.25) is 0 Å². The summed E-state index contributed by atoms with van der Waals surface area (Å²) in [5.41, 5.74) is 1.22. The van der Waals surface area contributed by atoms with E-state index in [2.05, 4.69) is 15.0 Å². The summed E-state index contributed by atoms with van der Waals surface area (Å²) in [6.45, 7) is 4.93. The third kappa shape index (κ3) is 5.32. The SMILES string of the molecule is O/N=C/c1nc(CCCCCN2CCOCC2)ccc1O. The molecule has 2 heterocycles. The van der Waals surface area contributed by atoms with Gasteiger partial charge in [-0.25, -0.2) is 4.98 Å². The first-order valence-corrected chi connectivity index (χ1v) is 7.46. The molecule has 0 aromatic carbocycles. The lowest BCUT2D eigenvalue weighted by Crippen LogP contribution is -2.36. The Bertz CT molecular complexity index is 459. The van der Waals surface area contributed by atoms with E-state index >= 15 is 0 Å². The molecule has 2 rings (SSSR count). The fourth-order valence-electron chi connectivity index (χ4n) is 2.44. The number of rotatable bonds is 7. The van der Waals surface area contributed by atoms with Crippen molar-refractivity contribution in [1.82, 2.24) is 9.88 Å². The van der Waals surface area contributed by atoms with Crippen LogP contribution >= 0.6 is 0 Å². The molecule has 1 saturated heterocycles. The van der Waals surface area contributed by atoms with Crippen molar-refractivity contribution in [1.29, 1.82) is 0 Å². The van der Waals surface area contributed by atoms with E-state index in [4.69, 9.17) is 9.94 Å². The number of unbranched alkanes of at least 4 members (excludes halogenated alkanes) is 2. The van der Waals surface area contributed by atoms with E-state index in [1.54, 1.807) is 6.07 Å². The van der Waals surface area contributed by atoms with E-state index < -0.39 is 0 Å². The monoisotopic (exact) mass is 293 g/mol. The fourth-order valence-corrected chi connectivity index (χ4v) is 2.44. The van der Waals surface area contributed by atoms with Gasteiger partial charge in [-0.1, -0.05) is 11.6 Å². The van der Waals surface area contributed by atoms with Crippen LogP contribution in [-0.2, 0) is 11.2 Å². The number of morpholine rings is 1. The average Bonchev–Trinajstić information content (AvgIpc) is 2.51. The molecule has 1 aliphatic rings. The molecule has 1 aromatic rings. The third-order valence-electron chi connectivity index (χ3n) is 3.65. The van der Waals surface area contributed by atoms with Gasteiger partial charge in [-0.15, -0.1) is 0 Å². The summed E-state index contributed by atoms with van der Waals surface area (Å²) in [6.07, 6.45) is 5.43.